The van der Waals surface area contributed by atoms with Crippen LogP contribution in [0.25, 0.3) is 0 Å². The summed E-state index contributed by atoms with van der Waals surface area (Å²) in [4.78, 5) is 0. The number of hydrogen-bond acceptors (Lipinski definition) is 4. The first kappa shape index (κ1) is 46.0. The molecule has 2 aliphatic carbocycles. The minimum absolute atomic E-state index is 0.217. The van der Waals surface area contributed by atoms with Crippen molar-refractivity contribution in [1.82, 2.24) is 0 Å². The third-order valence-electron chi connectivity index (χ3n) is 16.4. The molecule has 4 aliphatic rings. The van der Waals surface area contributed by atoms with Crippen molar-refractivity contribution in [1.29, 1.82) is 0 Å². The van der Waals surface area contributed by atoms with Gasteiger partial charge < -0.3 is 0 Å². The van der Waals surface area contributed by atoms with E-state index in [1.807, 2.05) is 0 Å². The molecule has 2 atom stereocenters. The quantitative estimate of drug-likeness (QED) is 0.143. The van der Waals surface area contributed by atoms with Crippen LogP contribution in [0.1, 0.15) is 51.4 Å². The van der Waals surface area contributed by atoms with E-state index in [0.29, 0.717) is 11.1 Å². The van der Waals surface area contributed by atoms with Gasteiger partial charge in [0.05, 0.1) is 0 Å². The zero-order valence-electron chi connectivity index (χ0n) is 39.2. The maximum absolute atomic E-state index is 9.29. The molecule has 0 N–H and O–H groups in total. The zero-order valence-corrected chi connectivity index (χ0v) is 48.0. The summed E-state index contributed by atoms with van der Waals surface area (Å²) in [7, 11) is -11.3. The van der Waals surface area contributed by atoms with Crippen molar-refractivity contribution in [2.75, 3.05) is 0 Å². The molecule has 2 saturated heterocycles. The third kappa shape index (κ3) is 7.72. The van der Waals surface area contributed by atoms with Crippen LogP contribution in [0.3, 0.4) is 0 Å². The SMILES string of the molecule is c1ccc([Si]2(c3ccccc3)O[Si](c3ccccc3)(c3ccccc3)[O][Sn]([c]3ccccc3)([c]3ccccc3)[CH2][Sn]([c]3ccccc3)([c]3ccccc3)[O][Si]3(O2)C2CCCCC24CCCCC43)cc1. The summed E-state index contributed by atoms with van der Waals surface area (Å²) >= 11 is -9.63. The Morgan fingerprint density at radius 1 is 0.333 bits per heavy atom. The second kappa shape index (κ2) is 19.1. The molecule has 2 heterocycles. The molecule has 0 aromatic heterocycles. The van der Waals surface area contributed by atoms with Gasteiger partial charge in [-0.05, 0) is 0 Å². The third-order valence-corrected chi connectivity index (χ3v) is 78.0. The van der Waals surface area contributed by atoms with Crippen molar-refractivity contribution < 1.29 is 13.8 Å². The molecular weight excluding hydrogens is 1110 g/mol. The molecule has 2 unspecified atom stereocenters. The Hall–Kier alpha value is -4.15. The summed E-state index contributed by atoms with van der Waals surface area (Å²) in [5.74, 6) is 0. The number of rotatable bonds is 8. The van der Waals surface area contributed by atoms with Gasteiger partial charge in [-0.25, -0.2) is 0 Å². The van der Waals surface area contributed by atoms with E-state index in [-0.39, 0.29) is 5.41 Å². The van der Waals surface area contributed by atoms with Gasteiger partial charge in [-0.15, -0.1) is 0 Å². The average molecular weight is 1170 g/mol. The first-order chi connectivity index (χ1) is 34.1. The predicted octanol–water partition coefficient (Wildman–Crippen LogP) is 8.97. The number of benzene rings is 8. The summed E-state index contributed by atoms with van der Waals surface area (Å²) < 4.78 is 42.7. The Morgan fingerprint density at radius 3 is 0.986 bits per heavy atom. The zero-order chi connectivity index (χ0) is 46.3. The Morgan fingerprint density at radius 2 is 0.638 bits per heavy atom. The second-order valence-corrected chi connectivity index (χ2v) is 56.9. The van der Waals surface area contributed by atoms with Crippen LogP contribution >= 0.6 is 0 Å². The fourth-order valence-electron chi connectivity index (χ4n) is 13.6. The van der Waals surface area contributed by atoms with Crippen LogP contribution in [0.5, 0.6) is 0 Å². The van der Waals surface area contributed by atoms with Crippen molar-refractivity contribution in [3.8, 4) is 0 Å². The Labute approximate surface area is 421 Å². The molecule has 8 aromatic rings. The Kier molecular flexibility index (Phi) is 12.7. The van der Waals surface area contributed by atoms with E-state index in [1.165, 1.54) is 52.8 Å². The predicted molar refractivity (Wildman–Crippen MR) is 293 cm³/mol. The first-order valence-corrected chi connectivity index (χ1v) is 43.0. The van der Waals surface area contributed by atoms with Crippen molar-refractivity contribution in [3.05, 3.63) is 243 Å². The van der Waals surface area contributed by atoms with Gasteiger partial charge in [0.15, 0.2) is 0 Å². The van der Waals surface area contributed by atoms with E-state index < -0.39 is 63.3 Å². The van der Waals surface area contributed by atoms with Gasteiger partial charge in [0, 0.05) is 0 Å². The molecule has 0 radical (unpaired) electrons. The molecule has 344 valence electrons. The molecule has 2 spiro atoms. The summed E-state index contributed by atoms with van der Waals surface area (Å²) in [6.07, 6.45) is 9.80. The summed E-state index contributed by atoms with van der Waals surface area (Å²) in [6.45, 7) is 0. The van der Waals surface area contributed by atoms with E-state index in [2.05, 4.69) is 243 Å². The molecule has 2 saturated carbocycles. The van der Waals surface area contributed by atoms with Gasteiger partial charge in [0.25, 0.3) is 0 Å². The van der Waals surface area contributed by atoms with Crippen LogP contribution in [0.2, 0.25) is 13.5 Å². The average Bonchev–Trinajstić information content (AvgIpc) is 3.43. The van der Waals surface area contributed by atoms with Crippen LogP contribution in [0.4, 0.5) is 0 Å². The van der Waals surface area contributed by atoms with Crippen LogP contribution < -0.4 is 35.1 Å². The molecule has 0 amide bonds. The fraction of sp³-hybridized carbons (Fsp3) is 0.200. The van der Waals surface area contributed by atoms with Crippen molar-refractivity contribution in [2.24, 2.45) is 5.41 Å². The van der Waals surface area contributed by atoms with Crippen LogP contribution in [0.15, 0.2) is 243 Å². The normalized spacial score (nSPS) is 25.5. The molecule has 69 heavy (non-hydrogen) atoms. The van der Waals surface area contributed by atoms with Gasteiger partial charge in [0.1, 0.15) is 0 Å². The van der Waals surface area contributed by atoms with Crippen LogP contribution in [-0.4, -0.2) is 63.3 Å². The van der Waals surface area contributed by atoms with Gasteiger partial charge >= 0.3 is 425 Å². The van der Waals surface area contributed by atoms with E-state index in [9.17, 15) is 2.76 Å². The maximum atomic E-state index is 9.29. The molecule has 4 nitrogen and oxygen atoms in total. The van der Waals surface area contributed by atoms with E-state index in [0.717, 1.165) is 36.0 Å². The van der Waals surface area contributed by atoms with Crippen molar-refractivity contribution in [3.63, 3.8) is 0 Å². The van der Waals surface area contributed by atoms with Gasteiger partial charge in [-0.1, -0.05) is 0 Å². The topological polar surface area (TPSA) is 36.9 Å². The van der Waals surface area contributed by atoms with Crippen LogP contribution in [0, 0.1) is 5.41 Å². The second-order valence-electron chi connectivity index (χ2n) is 20.0. The molecule has 2 aliphatic heterocycles. The molecule has 4 fully saturated rings. The first-order valence-electron chi connectivity index (χ1n) is 25.3. The summed E-state index contributed by atoms with van der Waals surface area (Å²) in [5, 5.41) is 4.44. The van der Waals surface area contributed by atoms with Crippen molar-refractivity contribution in [2.45, 2.75) is 64.9 Å². The number of hydrogen-bond donors (Lipinski definition) is 0. The minimum atomic E-state index is -4.87. The van der Waals surface area contributed by atoms with E-state index in [4.69, 9.17) is 11.0 Å². The van der Waals surface area contributed by atoms with Gasteiger partial charge in [0.2, 0.25) is 0 Å². The summed E-state index contributed by atoms with van der Waals surface area (Å²) in [6, 6.07) is 90.7. The molecular formula is C60H60O4Si3Sn2. The molecule has 8 aromatic carbocycles. The number of fused-ring (bicyclic) bond motifs is 2. The summed E-state index contributed by atoms with van der Waals surface area (Å²) in [5.41, 5.74) is 0.908. The van der Waals surface area contributed by atoms with Crippen LogP contribution in [-0.2, 0) is 13.8 Å². The standard InChI is InChI=1S/C35H38O4Si3.4C6H5.CH2.2Sn/c36-40(29-17-5-1-6-18-29,30-19-7-2-8-20-30)38-42(31-21-9-3-10-22-31,32-23-11-4-12-24-32)39-41(37)33-25-13-15-27-35(33)28-16-14-26-34(35)41;4*1-2-4-6-5-3-1;;;/h1-12,17-24,33-34H,13-16,25-28H2;4*1-5H;1H2;;/q-2;;;;;;2*+1. The Bertz CT molecular complexity index is 2600. The molecule has 0 bridgehead atoms. The van der Waals surface area contributed by atoms with Gasteiger partial charge in [-0.2, -0.15) is 0 Å². The molecule has 9 heteroatoms. The Balaban J connectivity index is 1.30. The monoisotopic (exact) mass is 1170 g/mol. The molecule has 12 rings (SSSR count). The van der Waals surface area contributed by atoms with Gasteiger partial charge in [-0.3, -0.25) is 0 Å². The van der Waals surface area contributed by atoms with E-state index >= 15 is 0 Å². The fourth-order valence-corrected chi connectivity index (χ4v) is 104. The van der Waals surface area contributed by atoms with E-state index in [1.54, 1.807) is 0 Å². The van der Waals surface area contributed by atoms with Crippen molar-refractivity contribution >= 4 is 98.3 Å².